The highest BCUT2D eigenvalue weighted by atomic mass is 16.5. The third-order valence-electron chi connectivity index (χ3n) is 3.00. The molecule has 0 saturated heterocycles. The van der Waals surface area contributed by atoms with E-state index in [1.165, 1.54) is 18.4 Å². The Morgan fingerprint density at radius 3 is 2.79 bits per heavy atom. The highest BCUT2D eigenvalue weighted by Crippen LogP contribution is 2.22. The number of allylic oxidation sites excluding steroid dienone is 1. The van der Waals surface area contributed by atoms with E-state index in [1.807, 2.05) is 6.92 Å². The largest absolute Gasteiger partial charge is 0.389 e. The van der Waals surface area contributed by atoms with Crippen LogP contribution in [-0.2, 0) is 4.74 Å². The van der Waals surface area contributed by atoms with Crippen LogP contribution in [-0.4, -0.2) is 24.4 Å². The van der Waals surface area contributed by atoms with E-state index in [4.69, 9.17) is 4.74 Å². The van der Waals surface area contributed by atoms with Gasteiger partial charge in [-0.2, -0.15) is 0 Å². The fourth-order valence-corrected chi connectivity index (χ4v) is 1.86. The average Bonchev–Trinajstić information content (AvgIpc) is 2.26. The maximum absolute atomic E-state index is 9.89. The summed E-state index contributed by atoms with van der Waals surface area (Å²) in [5.41, 5.74) is 1.25. The van der Waals surface area contributed by atoms with Gasteiger partial charge in [-0.15, -0.1) is 0 Å². The third kappa shape index (κ3) is 3.81. The van der Waals surface area contributed by atoms with Gasteiger partial charge in [0.1, 0.15) is 0 Å². The normalized spacial score (nSPS) is 21.5. The van der Waals surface area contributed by atoms with Gasteiger partial charge in [0.15, 0.2) is 0 Å². The van der Waals surface area contributed by atoms with Crippen molar-refractivity contribution >= 4 is 0 Å². The van der Waals surface area contributed by atoms with Gasteiger partial charge < -0.3 is 9.84 Å². The van der Waals surface area contributed by atoms with Gasteiger partial charge in [0.05, 0.1) is 12.2 Å². The molecule has 0 fully saturated rings. The molecular formula is C12H22O2. The van der Waals surface area contributed by atoms with Gasteiger partial charge in [-0.3, -0.25) is 0 Å². The first-order valence-electron chi connectivity index (χ1n) is 5.64. The molecule has 0 spiro atoms. The highest BCUT2D eigenvalue weighted by Gasteiger charge is 2.14. The number of methoxy groups -OCH3 is 1. The number of hydrogen-bond acceptors (Lipinski definition) is 2. The van der Waals surface area contributed by atoms with Crippen LogP contribution in [0.25, 0.3) is 0 Å². The summed E-state index contributed by atoms with van der Waals surface area (Å²) in [4.78, 5) is 0. The van der Waals surface area contributed by atoms with Crippen LogP contribution in [0.5, 0.6) is 0 Å². The first kappa shape index (κ1) is 11.7. The standard InChI is InChI=1S/C12H22O2/c1-10(14-2)8-9-12(13)11-6-4-3-5-7-11/h6,10,12-13H,3-5,7-9H2,1-2H3. The lowest BCUT2D eigenvalue weighted by Gasteiger charge is -2.19. The Hall–Kier alpha value is -0.340. The van der Waals surface area contributed by atoms with E-state index in [0.717, 1.165) is 25.7 Å². The molecule has 0 radical (unpaired) electrons. The number of aliphatic hydroxyl groups is 1. The molecule has 0 aromatic heterocycles. The quantitative estimate of drug-likeness (QED) is 0.688. The van der Waals surface area contributed by atoms with Crippen LogP contribution >= 0.6 is 0 Å². The fourth-order valence-electron chi connectivity index (χ4n) is 1.86. The van der Waals surface area contributed by atoms with E-state index < -0.39 is 0 Å². The first-order valence-corrected chi connectivity index (χ1v) is 5.64. The van der Waals surface area contributed by atoms with Crippen molar-refractivity contribution in [2.45, 2.75) is 57.7 Å². The van der Waals surface area contributed by atoms with Crippen LogP contribution in [0.15, 0.2) is 11.6 Å². The van der Waals surface area contributed by atoms with Gasteiger partial charge >= 0.3 is 0 Å². The Labute approximate surface area is 87.0 Å². The van der Waals surface area contributed by atoms with E-state index >= 15 is 0 Å². The van der Waals surface area contributed by atoms with E-state index in [2.05, 4.69) is 6.08 Å². The van der Waals surface area contributed by atoms with Gasteiger partial charge in [-0.25, -0.2) is 0 Å². The molecule has 0 heterocycles. The fraction of sp³-hybridized carbons (Fsp3) is 0.833. The molecule has 2 unspecified atom stereocenters. The zero-order chi connectivity index (χ0) is 10.4. The van der Waals surface area contributed by atoms with Gasteiger partial charge in [-0.05, 0) is 51.0 Å². The van der Waals surface area contributed by atoms with Gasteiger partial charge in [0.2, 0.25) is 0 Å². The molecular weight excluding hydrogens is 176 g/mol. The lowest BCUT2D eigenvalue weighted by molar-refractivity contribution is 0.0918. The van der Waals surface area contributed by atoms with Crippen molar-refractivity contribution in [1.82, 2.24) is 0 Å². The number of rotatable bonds is 5. The van der Waals surface area contributed by atoms with E-state index in [1.54, 1.807) is 7.11 Å². The number of hydrogen-bond donors (Lipinski definition) is 1. The summed E-state index contributed by atoms with van der Waals surface area (Å²) in [5, 5.41) is 9.89. The van der Waals surface area contributed by atoms with Crippen LogP contribution in [0.1, 0.15) is 45.4 Å². The minimum absolute atomic E-state index is 0.229. The van der Waals surface area contributed by atoms with E-state index in [9.17, 15) is 5.11 Å². The van der Waals surface area contributed by atoms with Crippen molar-refractivity contribution in [3.8, 4) is 0 Å². The highest BCUT2D eigenvalue weighted by molar-refractivity contribution is 5.10. The predicted molar refractivity (Wildman–Crippen MR) is 58.3 cm³/mol. The van der Waals surface area contributed by atoms with Crippen LogP contribution < -0.4 is 0 Å². The van der Waals surface area contributed by atoms with E-state index in [-0.39, 0.29) is 12.2 Å². The van der Waals surface area contributed by atoms with Crippen molar-refractivity contribution in [2.75, 3.05) is 7.11 Å². The molecule has 0 saturated carbocycles. The molecule has 1 aliphatic carbocycles. The summed E-state index contributed by atoms with van der Waals surface area (Å²) in [6.45, 7) is 2.04. The van der Waals surface area contributed by atoms with Crippen molar-refractivity contribution < 1.29 is 9.84 Å². The van der Waals surface area contributed by atoms with Gasteiger partial charge in [-0.1, -0.05) is 6.08 Å². The van der Waals surface area contributed by atoms with Crippen molar-refractivity contribution in [3.63, 3.8) is 0 Å². The van der Waals surface area contributed by atoms with Crippen molar-refractivity contribution in [3.05, 3.63) is 11.6 Å². The summed E-state index contributed by atoms with van der Waals surface area (Å²) in [6.07, 6.45) is 8.77. The SMILES string of the molecule is COC(C)CCC(O)C1=CCCCC1. The molecule has 0 aliphatic heterocycles. The monoisotopic (exact) mass is 198 g/mol. The minimum atomic E-state index is -0.229. The Balaban J connectivity index is 2.26. The lowest BCUT2D eigenvalue weighted by Crippen LogP contribution is -2.16. The summed E-state index contributed by atoms with van der Waals surface area (Å²) in [5.74, 6) is 0. The third-order valence-corrected chi connectivity index (χ3v) is 3.00. The topological polar surface area (TPSA) is 29.5 Å². The van der Waals surface area contributed by atoms with Crippen LogP contribution in [0.4, 0.5) is 0 Å². The lowest BCUT2D eigenvalue weighted by atomic mass is 9.93. The molecule has 82 valence electrons. The smallest absolute Gasteiger partial charge is 0.0751 e. The summed E-state index contributed by atoms with van der Waals surface area (Å²) < 4.78 is 5.16. The Bertz CT molecular complexity index is 187. The zero-order valence-electron chi connectivity index (χ0n) is 9.33. The van der Waals surface area contributed by atoms with Crippen molar-refractivity contribution in [1.29, 1.82) is 0 Å². The second-order valence-electron chi connectivity index (χ2n) is 4.16. The van der Waals surface area contributed by atoms with Crippen LogP contribution in [0.2, 0.25) is 0 Å². The summed E-state index contributed by atoms with van der Waals surface area (Å²) >= 11 is 0. The van der Waals surface area contributed by atoms with Crippen molar-refractivity contribution in [2.24, 2.45) is 0 Å². The Morgan fingerprint density at radius 1 is 1.43 bits per heavy atom. The minimum Gasteiger partial charge on any atom is -0.389 e. The van der Waals surface area contributed by atoms with Gasteiger partial charge in [0, 0.05) is 7.11 Å². The molecule has 0 aromatic rings. The molecule has 1 N–H and O–H groups in total. The molecule has 0 aromatic carbocycles. The maximum Gasteiger partial charge on any atom is 0.0751 e. The Kier molecular flexibility index (Phi) is 5.20. The zero-order valence-corrected chi connectivity index (χ0v) is 9.33. The summed E-state index contributed by atoms with van der Waals surface area (Å²) in [7, 11) is 1.72. The average molecular weight is 198 g/mol. The van der Waals surface area contributed by atoms with E-state index in [0.29, 0.717) is 0 Å². The Morgan fingerprint density at radius 2 is 2.21 bits per heavy atom. The molecule has 1 aliphatic rings. The molecule has 0 bridgehead atoms. The molecule has 14 heavy (non-hydrogen) atoms. The first-order chi connectivity index (χ1) is 6.74. The molecule has 2 heteroatoms. The number of ether oxygens (including phenoxy) is 1. The maximum atomic E-state index is 9.89. The van der Waals surface area contributed by atoms with Gasteiger partial charge in [0.25, 0.3) is 0 Å². The second-order valence-corrected chi connectivity index (χ2v) is 4.16. The van der Waals surface area contributed by atoms with Crippen LogP contribution in [0, 0.1) is 0 Å². The molecule has 2 nitrogen and oxygen atoms in total. The molecule has 0 amide bonds. The summed E-state index contributed by atoms with van der Waals surface area (Å²) in [6, 6.07) is 0. The predicted octanol–water partition coefficient (Wildman–Crippen LogP) is 2.66. The molecule has 1 rings (SSSR count). The second kappa shape index (κ2) is 6.20. The van der Waals surface area contributed by atoms with Crippen LogP contribution in [0.3, 0.4) is 0 Å². The number of aliphatic hydroxyl groups excluding tert-OH is 1. The molecule has 2 atom stereocenters.